The van der Waals surface area contributed by atoms with E-state index in [2.05, 4.69) is 21.3 Å². The van der Waals surface area contributed by atoms with E-state index in [1.54, 1.807) is 0 Å². The normalized spacial score (nSPS) is 17.0. The summed E-state index contributed by atoms with van der Waals surface area (Å²) in [6.07, 6.45) is 0.000301. The van der Waals surface area contributed by atoms with Crippen LogP contribution < -0.4 is 21.3 Å². The number of carbonyl (C=O) groups excluding carboxylic acids is 1. The lowest BCUT2D eigenvalue weighted by molar-refractivity contribution is -0.122. The molecule has 11 nitrogen and oxygen atoms in total. The highest BCUT2D eigenvalue weighted by atomic mass is 31.2. The molecule has 0 rings (SSSR count). The van der Waals surface area contributed by atoms with E-state index < -0.39 is 38.5 Å². The Morgan fingerprint density at radius 2 is 1.39 bits per heavy atom. The summed E-state index contributed by atoms with van der Waals surface area (Å²) in [4.78, 5) is 50.1. The Balaban J connectivity index is 5.02. The van der Waals surface area contributed by atoms with Crippen LogP contribution in [0.25, 0.3) is 0 Å². The second-order valence-electron chi connectivity index (χ2n) is 6.77. The van der Waals surface area contributed by atoms with Crippen LogP contribution in [0, 0.1) is 0 Å². The summed E-state index contributed by atoms with van der Waals surface area (Å²) in [7, 11) is -9.32. The van der Waals surface area contributed by atoms with Crippen LogP contribution in [0.3, 0.4) is 0 Å². The third kappa shape index (κ3) is 11.0. The number of rotatable bonds is 15. The summed E-state index contributed by atoms with van der Waals surface area (Å²) in [6, 6.07) is -1.60. The van der Waals surface area contributed by atoms with Crippen molar-refractivity contribution in [1.82, 2.24) is 21.3 Å². The van der Waals surface area contributed by atoms with E-state index in [4.69, 9.17) is 0 Å². The summed E-state index contributed by atoms with van der Waals surface area (Å²) in [6.45, 7) is 9.69. The molecule has 168 valence electrons. The first-order chi connectivity index (χ1) is 12.8. The van der Waals surface area contributed by atoms with Crippen LogP contribution in [0.15, 0.2) is 0 Å². The van der Waals surface area contributed by atoms with Gasteiger partial charge in [-0.05, 0) is 26.9 Å². The molecule has 3 atom stereocenters. The van der Waals surface area contributed by atoms with Crippen molar-refractivity contribution >= 4 is 21.1 Å². The molecule has 3 unspecified atom stereocenters. The van der Waals surface area contributed by atoms with E-state index in [-0.39, 0.29) is 12.5 Å². The van der Waals surface area contributed by atoms with Crippen molar-refractivity contribution < 1.29 is 33.5 Å². The Morgan fingerprint density at radius 3 is 1.82 bits per heavy atom. The number of carbonyl (C=O) groups is 1. The number of likely N-dealkylation sites (N-methyl/N-ethyl adjacent to an activating group) is 2. The highest BCUT2D eigenvalue weighted by Crippen LogP contribution is 2.50. The number of hydrogen-bond donors (Lipinski definition) is 8. The van der Waals surface area contributed by atoms with Gasteiger partial charge >= 0.3 is 15.2 Å². The van der Waals surface area contributed by atoms with Gasteiger partial charge in [-0.25, -0.2) is 0 Å². The van der Waals surface area contributed by atoms with Crippen LogP contribution in [0.4, 0.5) is 0 Å². The van der Waals surface area contributed by atoms with Gasteiger partial charge < -0.3 is 40.8 Å². The lowest BCUT2D eigenvalue weighted by atomic mass is 10.1. The third-order valence-electron chi connectivity index (χ3n) is 4.47. The molecule has 8 N–H and O–H groups in total. The lowest BCUT2D eigenvalue weighted by Gasteiger charge is -2.31. The number of nitrogens with one attached hydrogen (secondary N) is 4. The maximum absolute atomic E-state index is 12.4. The zero-order valence-corrected chi connectivity index (χ0v) is 18.7. The summed E-state index contributed by atoms with van der Waals surface area (Å²) < 4.78 is 23.2. The Bertz CT molecular complexity index is 527. The second kappa shape index (κ2) is 13.1. The number of hydrogen-bond acceptors (Lipinski definition) is 6. The second-order valence-corrected chi connectivity index (χ2v) is 10.8. The van der Waals surface area contributed by atoms with Crippen LogP contribution in [-0.4, -0.2) is 81.6 Å². The fourth-order valence-corrected chi connectivity index (χ4v) is 4.30. The van der Waals surface area contributed by atoms with Crippen LogP contribution >= 0.6 is 15.2 Å². The van der Waals surface area contributed by atoms with Gasteiger partial charge in [-0.15, -0.1) is 0 Å². The predicted molar refractivity (Wildman–Crippen MR) is 108 cm³/mol. The standard InChI is InChI=1S/C15H36N4O7P2/c1-5-16-7-8-17-10-13(18-6-2)9-14(20)19-15(11(3)27(21,22)23)12(4)28(24,25)26/h11-13,15-18H,5-10H2,1-4H3,(H,19,20)(H2,21,22,23)(H2,24,25,26). The summed E-state index contributed by atoms with van der Waals surface area (Å²) >= 11 is 0. The average Bonchev–Trinajstić information content (AvgIpc) is 2.56. The third-order valence-corrected chi connectivity index (χ3v) is 7.24. The summed E-state index contributed by atoms with van der Waals surface area (Å²) in [5.41, 5.74) is -2.87. The van der Waals surface area contributed by atoms with E-state index in [1.165, 1.54) is 13.8 Å². The Labute approximate surface area is 166 Å². The fraction of sp³-hybridized carbons (Fsp3) is 0.933. The highest BCUT2D eigenvalue weighted by Gasteiger charge is 2.42. The summed E-state index contributed by atoms with van der Waals surface area (Å²) in [5.74, 6) is -0.537. The smallest absolute Gasteiger partial charge is 0.330 e. The molecule has 0 fully saturated rings. The molecule has 0 aliphatic rings. The molecule has 0 aliphatic heterocycles. The molecule has 0 radical (unpaired) electrons. The van der Waals surface area contributed by atoms with Gasteiger partial charge in [0.05, 0.1) is 17.4 Å². The summed E-state index contributed by atoms with van der Waals surface area (Å²) in [5, 5.41) is 11.9. The van der Waals surface area contributed by atoms with Gasteiger partial charge in [0.2, 0.25) is 5.91 Å². The van der Waals surface area contributed by atoms with Gasteiger partial charge in [-0.1, -0.05) is 13.8 Å². The molecular weight excluding hydrogens is 410 g/mol. The molecular formula is C15H36N4O7P2. The minimum Gasteiger partial charge on any atom is -0.351 e. The molecule has 0 aliphatic carbocycles. The topological polar surface area (TPSA) is 180 Å². The van der Waals surface area contributed by atoms with Gasteiger partial charge in [0.1, 0.15) is 0 Å². The molecule has 0 saturated carbocycles. The molecule has 0 aromatic heterocycles. The van der Waals surface area contributed by atoms with E-state index in [1.807, 2.05) is 13.8 Å². The van der Waals surface area contributed by atoms with Crippen LogP contribution in [0.5, 0.6) is 0 Å². The van der Waals surface area contributed by atoms with Gasteiger partial charge in [0.15, 0.2) is 0 Å². The van der Waals surface area contributed by atoms with Crippen LogP contribution in [-0.2, 0) is 13.9 Å². The Hall–Kier alpha value is -0.350. The maximum Gasteiger partial charge on any atom is 0.330 e. The minimum absolute atomic E-state index is 0.000301. The van der Waals surface area contributed by atoms with Gasteiger partial charge in [0, 0.05) is 32.1 Å². The van der Waals surface area contributed by atoms with Crippen molar-refractivity contribution in [3.05, 3.63) is 0 Å². The van der Waals surface area contributed by atoms with Crippen molar-refractivity contribution in [1.29, 1.82) is 0 Å². The molecule has 0 aromatic rings. The Kier molecular flexibility index (Phi) is 12.9. The first-order valence-electron chi connectivity index (χ1n) is 9.39. The first-order valence-corrected chi connectivity index (χ1v) is 12.7. The van der Waals surface area contributed by atoms with Gasteiger partial charge in [-0.3, -0.25) is 13.9 Å². The van der Waals surface area contributed by atoms with Gasteiger partial charge in [-0.2, -0.15) is 0 Å². The molecule has 28 heavy (non-hydrogen) atoms. The number of amides is 1. The zero-order valence-electron chi connectivity index (χ0n) is 17.0. The minimum atomic E-state index is -4.66. The molecule has 0 heterocycles. The first kappa shape index (κ1) is 27.6. The van der Waals surface area contributed by atoms with Crippen molar-refractivity contribution in [2.24, 2.45) is 0 Å². The molecule has 0 bridgehead atoms. The molecule has 0 spiro atoms. The average molecular weight is 446 g/mol. The van der Waals surface area contributed by atoms with Crippen molar-refractivity contribution in [3.63, 3.8) is 0 Å². The molecule has 0 saturated heterocycles. The largest absolute Gasteiger partial charge is 0.351 e. The van der Waals surface area contributed by atoms with Crippen molar-refractivity contribution in [2.75, 3.05) is 32.7 Å². The monoisotopic (exact) mass is 446 g/mol. The van der Waals surface area contributed by atoms with Crippen molar-refractivity contribution in [3.8, 4) is 0 Å². The van der Waals surface area contributed by atoms with Gasteiger partial charge in [0.25, 0.3) is 0 Å². The lowest BCUT2D eigenvalue weighted by Crippen LogP contribution is -2.51. The molecule has 1 amide bonds. The fourth-order valence-electron chi connectivity index (χ4n) is 2.67. The van der Waals surface area contributed by atoms with E-state index in [0.717, 1.165) is 13.1 Å². The Morgan fingerprint density at radius 1 is 0.893 bits per heavy atom. The molecule has 0 aromatic carbocycles. The SMILES string of the molecule is CCNCCNCC(CC(=O)NC(C(C)P(=O)(O)O)C(C)P(=O)(O)O)NCC. The van der Waals surface area contributed by atoms with Crippen molar-refractivity contribution in [2.45, 2.75) is 57.5 Å². The zero-order chi connectivity index (χ0) is 22.0. The van der Waals surface area contributed by atoms with Crippen LogP contribution in [0.2, 0.25) is 0 Å². The van der Waals surface area contributed by atoms with Crippen LogP contribution in [0.1, 0.15) is 34.1 Å². The maximum atomic E-state index is 12.4. The van der Waals surface area contributed by atoms with E-state index in [9.17, 15) is 33.5 Å². The van der Waals surface area contributed by atoms with E-state index >= 15 is 0 Å². The highest BCUT2D eigenvalue weighted by molar-refractivity contribution is 7.53. The van der Waals surface area contributed by atoms with E-state index in [0.29, 0.717) is 19.6 Å². The quantitative estimate of drug-likeness (QED) is 0.117. The predicted octanol–water partition coefficient (Wildman–Crippen LogP) is -0.829. The molecule has 13 heteroatoms.